The minimum absolute atomic E-state index is 0.102. The van der Waals surface area contributed by atoms with Crippen molar-refractivity contribution in [3.63, 3.8) is 0 Å². The molecule has 0 fully saturated rings. The molecule has 4 nitrogen and oxygen atoms in total. The second kappa shape index (κ2) is 7.25. The lowest BCUT2D eigenvalue weighted by Gasteiger charge is -2.22. The van der Waals surface area contributed by atoms with Gasteiger partial charge in [0.25, 0.3) is 0 Å². The summed E-state index contributed by atoms with van der Waals surface area (Å²) >= 11 is 22.8. The van der Waals surface area contributed by atoms with Crippen molar-refractivity contribution in [2.45, 2.75) is 13.8 Å². The smallest absolute Gasteiger partial charge is 0.314 e. The van der Waals surface area contributed by atoms with Gasteiger partial charge in [0.2, 0.25) is 5.88 Å². The Morgan fingerprint density at radius 2 is 2.00 bits per heavy atom. The molecule has 0 bridgehead atoms. The van der Waals surface area contributed by atoms with Crippen molar-refractivity contribution in [3.8, 4) is 5.88 Å². The number of hydrogen-bond acceptors (Lipinski definition) is 4. The van der Waals surface area contributed by atoms with Crippen molar-refractivity contribution >= 4 is 53.3 Å². The van der Waals surface area contributed by atoms with E-state index in [1.807, 2.05) is 13.8 Å². The molecule has 0 spiro atoms. The largest absolute Gasteiger partial charge is 0.413 e. The van der Waals surface area contributed by atoms with Gasteiger partial charge in [-0.25, -0.2) is 5.09 Å². The first-order valence-electron chi connectivity index (χ1n) is 5.12. The molecule has 0 radical (unpaired) electrons. The van der Waals surface area contributed by atoms with Gasteiger partial charge in [0.05, 0.1) is 11.6 Å². The van der Waals surface area contributed by atoms with Crippen molar-refractivity contribution in [2.75, 3.05) is 13.2 Å². The summed E-state index contributed by atoms with van der Waals surface area (Å²) in [5, 5.41) is 3.56. The van der Waals surface area contributed by atoms with Gasteiger partial charge in [-0.3, -0.25) is 0 Å². The van der Waals surface area contributed by atoms with Gasteiger partial charge in [0, 0.05) is 6.54 Å². The van der Waals surface area contributed by atoms with Crippen LogP contribution in [0.4, 0.5) is 0 Å². The van der Waals surface area contributed by atoms with Gasteiger partial charge in [0.1, 0.15) is 5.02 Å². The summed E-state index contributed by atoms with van der Waals surface area (Å²) in [6.07, 6.45) is 0. The molecule has 1 rings (SSSR count). The Bertz CT molecular complexity index is 465. The van der Waals surface area contributed by atoms with Crippen molar-refractivity contribution in [3.05, 3.63) is 21.3 Å². The summed E-state index contributed by atoms with van der Waals surface area (Å²) < 4.78 is 11.0. The molecule has 1 heterocycles. The Hall–Kier alpha value is 0.390. The monoisotopic (exact) mass is 348 g/mol. The van der Waals surface area contributed by atoms with E-state index in [-0.39, 0.29) is 21.1 Å². The number of pyridine rings is 1. The van der Waals surface area contributed by atoms with Crippen molar-refractivity contribution in [1.82, 2.24) is 10.1 Å². The van der Waals surface area contributed by atoms with Crippen LogP contribution in [0.25, 0.3) is 0 Å². The van der Waals surface area contributed by atoms with Gasteiger partial charge < -0.3 is 9.05 Å². The van der Waals surface area contributed by atoms with E-state index in [2.05, 4.69) is 10.1 Å². The number of aromatic nitrogens is 1. The normalized spacial score (nSPS) is 14.3. The molecule has 0 saturated carbocycles. The number of rotatable bonds is 6. The molecule has 0 aromatic carbocycles. The second-order valence-corrected chi connectivity index (χ2v) is 7.43. The first-order valence-corrected chi connectivity index (χ1v) is 8.90. The minimum atomic E-state index is -2.67. The average Bonchev–Trinajstić information content (AvgIpc) is 2.26. The van der Waals surface area contributed by atoms with E-state index >= 15 is 0 Å². The summed E-state index contributed by atoms with van der Waals surface area (Å²) in [6.45, 7) is 2.08. The first kappa shape index (κ1) is 16.4. The van der Waals surface area contributed by atoms with Crippen LogP contribution in [0.2, 0.25) is 15.2 Å². The zero-order valence-electron chi connectivity index (χ0n) is 9.74. The quantitative estimate of drug-likeness (QED) is 0.613. The van der Waals surface area contributed by atoms with Crippen LogP contribution in [0.3, 0.4) is 0 Å². The average molecular weight is 350 g/mol. The Kier molecular flexibility index (Phi) is 6.62. The predicted molar refractivity (Wildman–Crippen MR) is 79.5 cm³/mol. The van der Waals surface area contributed by atoms with Crippen LogP contribution < -0.4 is 9.61 Å². The minimum Gasteiger partial charge on any atom is -0.413 e. The van der Waals surface area contributed by atoms with Crippen molar-refractivity contribution < 1.29 is 9.05 Å². The molecule has 1 aromatic heterocycles. The molecule has 9 heteroatoms. The van der Waals surface area contributed by atoms with Crippen LogP contribution >= 0.6 is 41.4 Å². The second-order valence-electron chi connectivity index (χ2n) is 3.07. The lowest BCUT2D eigenvalue weighted by Crippen LogP contribution is -2.16. The summed E-state index contributed by atoms with van der Waals surface area (Å²) in [6, 6.07) is 1.45. The lowest BCUT2D eigenvalue weighted by atomic mass is 10.5. The van der Waals surface area contributed by atoms with Crippen LogP contribution in [-0.2, 0) is 16.3 Å². The fraction of sp³-hybridized carbons (Fsp3) is 0.444. The standard InChI is InChI=1S/C9H12Cl3N2O2PS/c1-3-13-17(18,15-4-2)16-9-7(11)5-6(10)8(12)14-9/h5H,3-4H2,1-2H3,(H,13,18). The highest BCUT2D eigenvalue weighted by atomic mass is 35.5. The van der Waals surface area contributed by atoms with E-state index in [0.717, 1.165) is 0 Å². The highest BCUT2D eigenvalue weighted by Crippen LogP contribution is 2.46. The van der Waals surface area contributed by atoms with Gasteiger partial charge in [0.15, 0.2) is 5.15 Å². The Balaban J connectivity index is 3.01. The van der Waals surface area contributed by atoms with E-state index in [1.54, 1.807) is 0 Å². The zero-order valence-corrected chi connectivity index (χ0v) is 13.7. The molecule has 0 aliphatic rings. The number of nitrogens with one attached hydrogen (secondary N) is 1. The Morgan fingerprint density at radius 3 is 2.56 bits per heavy atom. The van der Waals surface area contributed by atoms with Crippen LogP contribution in [0.1, 0.15) is 13.8 Å². The Labute approximate surface area is 126 Å². The van der Waals surface area contributed by atoms with E-state index in [0.29, 0.717) is 13.2 Å². The number of nitrogens with zero attached hydrogens (tertiary/aromatic N) is 1. The molecule has 1 unspecified atom stereocenters. The molecule has 1 aromatic rings. The third-order valence-electron chi connectivity index (χ3n) is 1.71. The third-order valence-corrected chi connectivity index (χ3v) is 5.30. The van der Waals surface area contributed by atoms with E-state index in [1.165, 1.54) is 6.07 Å². The van der Waals surface area contributed by atoms with E-state index in [9.17, 15) is 0 Å². The predicted octanol–water partition coefficient (Wildman–Crippen LogP) is 4.29. The number of halogens is 3. The van der Waals surface area contributed by atoms with Crippen LogP contribution in [0.5, 0.6) is 5.88 Å². The molecule has 0 amide bonds. The molecular weight excluding hydrogens is 338 g/mol. The van der Waals surface area contributed by atoms with Gasteiger partial charge >= 0.3 is 6.64 Å². The molecule has 102 valence electrons. The first-order chi connectivity index (χ1) is 8.41. The Morgan fingerprint density at radius 1 is 1.33 bits per heavy atom. The summed E-state index contributed by atoms with van der Waals surface area (Å²) in [7, 11) is 0. The summed E-state index contributed by atoms with van der Waals surface area (Å²) in [5.74, 6) is 0.115. The fourth-order valence-electron chi connectivity index (χ4n) is 1.07. The SMILES string of the molecule is CCNP(=S)(OCC)Oc1nc(Cl)c(Cl)cc1Cl. The van der Waals surface area contributed by atoms with Crippen LogP contribution in [-0.4, -0.2) is 18.1 Å². The third kappa shape index (κ3) is 4.49. The molecule has 1 N–H and O–H groups in total. The van der Waals surface area contributed by atoms with Crippen LogP contribution in [0, 0.1) is 0 Å². The van der Waals surface area contributed by atoms with Gasteiger partial charge in [-0.15, -0.1) is 0 Å². The molecule has 0 saturated heterocycles. The summed E-state index contributed by atoms with van der Waals surface area (Å²) in [5.41, 5.74) is 0. The molecule has 0 aliphatic heterocycles. The molecule has 1 atom stereocenters. The van der Waals surface area contributed by atoms with Gasteiger partial charge in [-0.2, -0.15) is 4.98 Å². The molecule has 18 heavy (non-hydrogen) atoms. The maximum atomic E-state index is 5.97. The van der Waals surface area contributed by atoms with Gasteiger partial charge in [-0.05, 0) is 24.8 Å². The van der Waals surface area contributed by atoms with E-state index in [4.69, 9.17) is 55.7 Å². The van der Waals surface area contributed by atoms with Gasteiger partial charge in [-0.1, -0.05) is 41.7 Å². The topological polar surface area (TPSA) is 43.4 Å². The number of hydrogen-bond donors (Lipinski definition) is 1. The fourth-order valence-corrected chi connectivity index (χ4v) is 3.87. The highest BCUT2D eigenvalue weighted by Gasteiger charge is 2.22. The summed E-state index contributed by atoms with van der Waals surface area (Å²) in [4.78, 5) is 3.94. The molecule has 0 aliphatic carbocycles. The highest BCUT2D eigenvalue weighted by molar-refractivity contribution is 8.09. The maximum Gasteiger partial charge on any atom is 0.314 e. The maximum absolute atomic E-state index is 5.97. The van der Waals surface area contributed by atoms with E-state index < -0.39 is 6.64 Å². The lowest BCUT2D eigenvalue weighted by molar-refractivity contribution is 0.320. The van der Waals surface area contributed by atoms with Crippen molar-refractivity contribution in [1.29, 1.82) is 0 Å². The van der Waals surface area contributed by atoms with Crippen LogP contribution in [0.15, 0.2) is 6.07 Å². The molecular formula is C9H12Cl3N2O2PS. The zero-order chi connectivity index (χ0) is 13.8. The van der Waals surface area contributed by atoms with Crippen molar-refractivity contribution in [2.24, 2.45) is 0 Å².